The van der Waals surface area contributed by atoms with Crippen molar-refractivity contribution >= 4 is 17.7 Å². The molecule has 2 N–H and O–H groups in total. The number of imidazole rings is 1. The first-order chi connectivity index (χ1) is 7.46. The zero-order valence-electron chi connectivity index (χ0n) is 9.54. The van der Waals surface area contributed by atoms with Gasteiger partial charge in [-0.1, -0.05) is 25.6 Å². The van der Waals surface area contributed by atoms with Gasteiger partial charge < -0.3 is 10.1 Å². The van der Waals surface area contributed by atoms with Crippen molar-refractivity contribution < 1.29 is 9.90 Å². The van der Waals surface area contributed by atoms with Gasteiger partial charge in [0.2, 0.25) is 0 Å². The molecule has 5 heteroatoms. The number of carbonyl (C=O) groups is 1. The van der Waals surface area contributed by atoms with Crippen LogP contribution in [-0.2, 0) is 17.6 Å². The molecular weight excluding hydrogens is 224 g/mol. The summed E-state index contributed by atoms with van der Waals surface area (Å²) in [5.41, 5.74) is 2.63. The van der Waals surface area contributed by atoms with Crippen LogP contribution in [0.15, 0.2) is 5.16 Å². The number of aliphatic carboxylic acids is 1. The Hall–Kier alpha value is -0.970. The monoisotopic (exact) mass is 240 g/mol. The van der Waals surface area contributed by atoms with Gasteiger partial charge in [-0.15, -0.1) is 0 Å². The highest BCUT2D eigenvalue weighted by molar-refractivity contribution is 7.99. The Morgan fingerprint density at radius 2 is 2.38 bits per heavy atom. The zero-order valence-corrected chi connectivity index (χ0v) is 10.4. The molecule has 0 unspecified atom stereocenters. The maximum Gasteiger partial charge on any atom is 0.313 e. The number of carboxylic acids is 1. The Morgan fingerprint density at radius 3 is 3.06 bits per heavy atom. The predicted octanol–water partition coefficient (Wildman–Crippen LogP) is 2.10. The summed E-state index contributed by atoms with van der Waals surface area (Å²) in [4.78, 5) is 18.1. The molecule has 1 aromatic rings. The van der Waals surface area contributed by atoms with E-state index in [1.165, 1.54) is 17.5 Å². The number of thioether (sulfide) groups is 1. The average molecular weight is 240 g/mol. The van der Waals surface area contributed by atoms with E-state index in [9.17, 15) is 4.79 Å². The van der Waals surface area contributed by atoms with Crippen molar-refractivity contribution in [1.29, 1.82) is 0 Å². The lowest BCUT2D eigenvalue weighted by Gasteiger charge is -2.28. The van der Waals surface area contributed by atoms with Gasteiger partial charge in [0.25, 0.3) is 0 Å². The second-order valence-corrected chi connectivity index (χ2v) is 5.95. The van der Waals surface area contributed by atoms with E-state index >= 15 is 0 Å². The lowest BCUT2D eigenvalue weighted by atomic mass is 9.78. The van der Waals surface area contributed by atoms with Crippen LogP contribution < -0.4 is 0 Å². The summed E-state index contributed by atoms with van der Waals surface area (Å²) in [6.07, 6.45) is 3.14. The first kappa shape index (κ1) is 11.5. The molecule has 0 saturated carbocycles. The van der Waals surface area contributed by atoms with Crippen LogP contribution in [0.3, 0.4) is 0 Å². The summed E-state index contributed by atoms with van der Waals surface area (Å²) in [5, 5.41) is 9.34. The van der Waals surface area contributed by atoms with Crippen molar-refractivity contribution in [3.63, 3.8) is 0 Å². The molecule has 0 spiro atoms. The second-order valence-electron chi connectivity index (χ2n) is 4.99. The SMILES string of the molecule is CC1(C)CCc2nc(SCC(=O)O)[nH]c2C1. The number of carboxylic acid groups (broad SMARTS) is 1. The Kier molecular flexibility index (Phi) is 2.97. The molecule has 0 radical (unpaired) electrons. The summed E-state index contributed by atoms with van der Waals surface area (Å²) in [6, 6.07) is 0. The van der Waals surface area contributed by atoms with E-state index in [-0.39, 0.29) is 5.75 Å². The fourth-order valence-corrected chi connectivity index (χ4v) is 2.62. The van der Waals surface area contributed by atoms with Gasteiger partial charge in [0, 0.05) is 5.69 Å². The molecule has 1 heterocycles. The number of fused-ring (bicyclic) bond motifs is 1. The number of nitrogens with zero attached hydrogens (tertiary/aromatic N) is 1. The van der Waals surface area contributed by atoms with Crippen LogP contribution in [-0.4, -0.2) is 26.8 Å². The highest BCUT2D eigenvalue weighted by Gasteiger charge is 2.27. The molecule has 0 bridgehead atoms. The minimum absolute atomic E-state index is 0.0653. The minimum Gasteiger partial charge on any atom is -0.481 e. The Bertz CT molecular complexity index is 412. The second kappa shape index (κ2) is 4.13. The van der Waals surface area contributed by atoms with Crippen LogP contribution in [0.2, 0.25) is 0 Å². The van der Waals surface area contributed by atoms with Crippen LogP contribution in [0.5, 0.6) is 0 Å². The van der Waals surface area contributed by atoms with Gasteiger partial charge in [-0.25, -0.2) is 4.98 Å². The van der Waals surface area contributed by atoms with Crippen LogP contribution in [0.4, 0.5) is 0 Å². The summed E-state index contributed by atoms with van der Waals surface area (Å²) >= 11 is 1.26. The third kappa shape index (κ3) is 2.58. The van der Waals surface area contributed by atoms with Gasteiger partial charge in [0.05, 0.1) is 11.4 Å². The summed E-state index contributed by atoms with van der Waals surface area (Å²) in [7, 11) is 0. The zero-order chi connectivity index (χ0) is 11.8. The van der Waals surface area contributed by atoms with E-state index < -0.39 is 5.97 Å². The van der Waals surface area contributed by atoms with Gasteiger partial charge >= 0.3 is 5.97 Å². The maximum absolute atomic E-state index is 10.5. The van der Waals surface area contributed by atoms with E-state index in [2.05, 4.69) is 23.8 Å². The van der Waals surface area contributed by atoms with Crippen molar-refractivity contribution in [3.05, 3.63) is 11.4 Å². The minimum atomic E-state index is -0.806. The summed E-state index contributed by atoms with van der Waals surface area (Å²) < 4.78 is 0. The van der Waals surface area contributed by atoms with Gasteiger partial charge in [0.1, 0.15) is 0 Å². The number of aromatic nitrogens is 2. The molecule has 4 nitrogen and oxygen atoms in total. The maximum atomic E-state index is 10.5. The predicted molar refractivity (Wildman–Crippen MR) is 62.8 cm³/mol. The van der Waals surface area contributed by atoms with Crippen molar-refractivity contribution in [3.8, 4) is 0 Å². The highest BCUT2D eigenvalue weighted by Crippen LogP contribution is 2.34. The first-order valence-electron chi connectivity index (χ1n) is 5.39. The van der Waals surface area contributed by atoms with E-state index in [4.69, 9.17) is 5.11 Å². The largest absolute Gasteiger partial charge is 0.481 e. The molecule has 2 rings (SSSR count). The van der Waals surface area contributed by atoms with Crippen molar-refractivity contribution in [2.75, 3.05) is 5.75 Å². The Morgan fingerprint density at radius 1 is 1.62 bits per heavy atom. The number of hydrogen-bond acceptors (Lipinski definition) is 3. The normalized spacial score (nSPS) is 18.1. The Balaban J connectivity index is 2.09. The molecule has 0 fully saturated rings. The molecule has 0 atom stereocenters. The van der Waals surface area contributed by atoms with Crippen LogP contribution in [0, 0.1) is 5.41 Å². The van der Waals surface area contributed by atoms with E-state index in [1.807, 2.05) is 0 Å². The third-order valence-corrected chi connectivity index (χ3v) is 3.73. The quantitative estimate of drug-likeness (QED) is 0.794. The molecule has 16 heavy (non-hydrogen) atoms. The fraction of sp³-hybridized carbons (Fsp3) is 0.636. The van der Waals surface area contributed by atoms with Crippen molar-refractivity contribution in [1.82, 2.24) is 9.97 Å². The lowest BCUT2D eigenvalue weighted by molar-refractivity contribution is -0.133. The molecule has 0 aromatic carbocycles. The smallest absolute Gasteiger partial charge is 0.313 e. The van der Waals surface area contributed by atoms with Gasteiger partial charge in [-0.2, -0.15) is 0 Å². The topological polar surface area (TPSA) is 66.0 Å². The molecule has 0 saturated heterocycles. The number of H-pyrrole nitrogens is 1. The number of nitrogens with one attached hydrogen (secondary N) is 1. The van der Waals surface area contributed by atoms with Crippen LogP contribution in [0.25, 0.3) is 0 Å². The van der Waals surface area contributed by atoms with Crippen molar-refractivity contribution in [2.24, 2.45) is 5.41 Å². The first-order valence-corrected chi connectivity index (χ1v) is 6.37. The van der Waals surface area contributed by atoms with E-state index in [1.54, 1.807) is 0 Å². The summed E-state index contributed by atoms with van der Waals surface area (Å²) in [6.45, 7) is 4.50. The molecule has 1 aliphatic carbocycles. The van der Waals surface area contributed by atoms with Gasteiger partial charge in [-0.3, -0.25) is 4.79 Å². The third-order valence-electron chi connectivity index (χ3n) is 2.87. The molecule has 1 aromatic heterocycles. The number of rotatable bonds is 3. The average Bonchev–Trinajstić information content (AvgIpc) is 2.55. The van der Waals surface area contributed by atoms with Gasteiger partial charge in [-0.05, 0) is 24.7 Å². The molecule has 0 aliphatic heterocycles. The highest BCUT2D eigenvalue weighted by atomic mass is 32.2. The van der Waals surface area contributed by atoms with E-state index in [0.29, 0.717) is 5.41 Å². The molecule has 1 aliphatic rings. The molecular formula is C11H16N2O2S. The molecule has 88 valence electrons. The standard InChI is InChI=1S/C11H16N2O2S/c1-11(2)4-3-7-8(5-11)13-10(12-7)16-6-9(14)15/h3-6H2,1-2H3,(H,12,13)(H,14,15). The Labute approximate surface area is 98.9 Å². The number of aromatic amines is 1. The van der Waals surface area contributed by atoms with Gasteiger partial charge in [0.15, 0.2) is 5.16 Å². The van der Waals surface area contributed by atoms with Crippen LogP contribution >= 0.6 is 11.8 Å². The fourth-order valence-electron chi connectivity index (χ4n) is 1.99. The number of hydrogen-bond donors (Lipinski definition) is 2. The summed E-state index contributed by atoms with van der Waals surface area (Å²) in [5.74, 6) is -0.741. The number of aryl methyl sites for hydroxylation is 1. The lowest BCUT2D eigenvalue weighted by Crippen LogP contribution is -2.21. The van der Waals surface area contributed by atoms with Crippen LogP contribution in [0.1, 0.15) is 31.7 Å². The van der Waals surface area contributed by atoms with E-state index in [0.717, 1.165) is 30.1 Å². The van der Waals surface area contributed by atoms with Crippen molar-refractivity contribution in [2.45, 2.75) is 38.3 Å². The molecule has 0 amide bonds.